The summed E-state index contributed by atoms with van der Waals surface area (Å²) in [5.41, 5.74) is 2.75. The van der Waals surface area contributed by atoms with Crippen LogP contribution in [0.2, 0.25) is 0 Å². The van der Waals surface area contributed by atoms with Crippen LogP contribution in [0.3, 0.4) is 0 Å². The van der Waals surface area contributed by atoms with Crippen molar-refractivity contribution in [2.75, 3.05) is 0 Å². The van der Waals surface area contributed by atoms with E-state index in [-0.39, 0.29) is 5.41 Å². The van der Waals surface area contributed by atoms with Gasteiger partial charge in [0.2, 0.25) is 0 Å². The summed E-state index contributed by atoms with van der Waals surface area (Å²) in [7, 11) is 0.292. The van der Waals surface area contributed by atoms with E-state index in [1.54, 1.807) is 0 Å². The van der Waals surface area contributed by atoms with Crippen molar-refractivity contribution < 1.29 is 0 Å². The molecule has 0 aromatic heterocycles. The third-order valence-corrected chi connectivity index (χ3v) is 10.4. The minimum atomic E-state index is -0.400. The maximum absolute atomic E-state index is 5.76. The Morgan fingerprint density at radius 2 is 1.36 bits per heavy atom. The number of aryl methyl sites for hydroxylation is 2. The average Bonchev–Trinajstić information content (AvgIpc) is 2.43. The van der Waals surface area contributed by atoms with E-state index in [4.69, 9.17) is 12.2 Å². The minimum absolute atomic E-state index is 0.0992. The van der Waals surface area contributed by atoms with Crippen LogP contribution in [0.25, 0.3) is 0 Å². The monoisotopic (exact) mass is 346 g/mol. The molecular weight excluding hydrogens is 322 g/mol. The zero-order chi connectivity index (χ0) is 16.3. The highest BCUT2D eigenvalue weighted by molar-refractivity contribution is 8.37. The topological polar surface area (TPSA) is 0 Å². The molecule has 3 heteroatoms. The molecule has 0 aliphatic rings. The first kappa shape index (κ1) is 17.7. The van der Waals surface area contributed by atoms with E-state index in [0.29, 0.717) is 8.27 Å². The first-order valence-electron chi connectivity index (χ1n) is 7.52. The standard InChI is InChI=1S/C19H24P2S/c1-14-8-6-10-16(12-14)21(20-18(22)19(3,4)5)17-11-7-9-15(2)13-17/h6-13,20H,1-5H3. The van der Waals surface area contributed by atoms with Gasteiger partial charge in [-0.3, -0.25) is 0 Å². The van der Waals surface area contributed by atoms with Gasteiger partial charge in [-0.1, -0.05) is 92.6 Å². The van der Waals surface area contributed by atoms with E-state index in [2.05, 4.69) is 83.1 Å². The second-order valence-electron chi connectivity index (χ2n) is 6.70. The summed E-state index contributed by atoms with van der Waals surface area (Å²) in [6.45, 7) is 11.0. The number of thiocarbonyl (C=S) groups is 1. The fourth-order valence-corrected chi connectivity index (χ4v) is 8.36. The predicted octanol–water partition coefficient (Wildman–Crippen LogP) is 5.70. The van der Waals surface area contributed by atoms with Gasteiger partial charge < -0.3 is 0 Å². The van der Waals surface area contributed by atoms with Crippen LogP contribution < -0.4 is 10.6 Å². The van der Waals surface area contributed by atoms with Gasteiger partial charge in [-0.25, -0.2) is 0 Å². The largest absolute Gasteiger partial charge is 0.0837 e. The Bertz CT molecular complexity index is 626. The van der Waals surface area contributed by atoms with E-state index < -0.39 is 7.61 Å². The molecule has 0 heterocycles. The lowest BCUT2D eigenvalue weighted by molar-refractivity contribution is 0.610. The van der Waals surface area contributed by atoms with Gasteiger partial charge >= 0.3 is 0 Å². The lowest BCUT2D eigenvalue weighted by atomic mass is 10.0. The van der Waals surface area contributed by atoms with Crippen molar-refractivity contribution in [3.05, 3.63) is 59.7 Å². The van der Waals surface area contributed by atoms with E-state index >= 15 is 0 Å². The maximum Gasteiger partial charge on any atom is 0.0235 e. The lowest BCUT2D eigenvalue weighted by Gasteiger charge is -2.26. The number of hydrogen-bond donors (Lipinski definition) is 0. The van der Waals surface area contributed by atoms with E-state index in [9.17, 15) is 0 Å². The Hall–Kier alpha value is -0.610. The maximum atomic E-state index is 5.76. The van der Waals surface area contributed by atoms with Crippen LogP contribution in [0.5, 0.6) is 0 Å². The molecule has 2 aromatic rings. The van der Waals surface area contributed by atoms with Crippen molar-refractivity contribution in [3.8, 4) is 0 Å². The van der Waals surface area contributed by atoms with Crippen molar-refractivity contribution in [3.63, 3.8) is 0 Å². The van der Waals surface area contributed by atoms with Gasteiger partial charge in [0.25, 0.3) is 0 Å². The van der Waals surface area contributed by atoms with Gasteiger partial charge in [0.15, 0.2) is 0 Å². The molecule has 0 N–H and O–H groups in total. The van der Waals surface area contributed by atoms with Gasteiger partial charge in [0.05, 0.1) is 0 Å². The Morgan fingerprint density at radius 1 is 0.909 bits per heavy atom. The van der Waals surface area contributed by atoms with Crippen molar-refractivity contribution in [2.24, 2.45) is 5.41 Å². The van der Waals surface area contributed by atoms with Crippen molar-refractivity contribution >= 4 is 43.3 Å². The quantitative estimate of drug-likeness (QED) is 0.505. The summed E-state index contributed by atoms with van der Waals surface area (Å²) in [6.07, 6.45) is 0. The second-order valence-corrected chi connectivity index (χ2v) is 11.9. The number of rotatable bonds is 4. The van der Waals surface area contributed by atoms with Crippen molar-refractivity contribution in [2.45, 2.75) is 34.6 Å². The minimum Gasteiger partial charge on any atom is -0.0837 e. The molecule has 0 saturated carbocycles. The highest BCUT2D eigenvalue weighted by Crippen LogP contribution is 2.56. The highest BCUT2D eigenvalue weighted by Gasteiger charge is 2.23. The summed E-state index contributed by atoms with van der Waals surface area (Å²) in [6, 6.07) is 17.8. The highest BCUT2D eigenvalue weighted by atomic mass is 32.1. The van der Waals surface area contributed by atoms with Crippen LogP contribution in [0.15, 0.2) is 48.5 Å². The molecule has 0 bridgehead atoms. The fraction of sp³-hybridized carbons (Fsp3) is 0.316. The summed E-state index contributed by atoms with van der Waals surface area (Å²) in [5, 5.41) is 2.87. The zero-order valence-corrected chi connectivity index (χ0v) is 16.7. The van der Waals surface area contributed by atoms with Crippen molar-refractivity contribution in [1.82, 2.24) is 0 Å². The van der Waals surface area contributed by atoms with Gasteiger partial charge in [-0.2, -0.15) is 0 Å². The van der Waals surface area contributed by atoms with Crippen LogP contribution in [0.4, 0.5) is 0 Å². The molecule has 0 amide bonds. The van der Waals surface area contributed by atoms with Crippen LogP contribution in [0.1, 0.15) is 31.9 Å². The summed E-state index contributed by atoms with van der Waals surface area (Å²) < 4.78 is 1.20. The molecular formula is C19H24P2S. The zero-order valence-electron chi connectivity index (χ0n) is 14.0. The number of hydrogen-bond acceptors (Lipinski definition) is 1. The lowest BCUT2D eigenvalue weighted by Crippen LogP contribution is -2.16. The smallest absolute Gasteiger partial charge is 0.0235 e. The fourth-order valence-electron chi connectivity index (χ4n) is 2.08. The Morgan fingerprint density at radius 3 is 1.73 bits per heavy atom. The van der Waals surface area contributed by atoms with Gasteiger partial charge in [0, 0.05) is 4.61 Å². The Kier molecular flexibility index (Phi) is 5.89. The van der Waals surface area contributed by atoms with Crippen LogP contribution in [-0.4, -0.2) is 4.61 Å². The molecule has 0 nitrogen and oxygen atoms in total. The molecule has 0 spiro atoms. The average molecular weight is 346 g/mol. The van der Waals surface area contributed by atoms with Crippen LogP contribution >= 0.6 is 28.1 Å². The Labute approximate surface area is 143 Å². The third-order valence-electron chi connectivity index (χ3n) is 3.41. The molecule has 1 unspecified atom stereocenters. The van der Waals surface area contributed by atoms with E-state index in [1.165, 1.54) is 26.3 Å². The van der Waals surface area contributed by atoms with Gasteiger partial charge in [-0.15, -0.1) is 0 Å². The molecule has 0 radical (unpaired) electrons. The van der Waals surface area contributed by atoms with Crippen LogP contribution in [-0.2, 0) is 0 Å². The predicted molar refractivity (Wildman–Crippen MR) is 109 cm³/mol. The molecule has 0 saturated heterocycles. The molecule has 0 aliphatic heterocycles. The third kappa shape index (κ3) is 4.69. The number of benzene rings is 2. The molecule has 0 aliphatic carbocycles. The van der Waals surface area contributed by atoms with E-state index in [1.807, 2.05) is 0 Å². The van der Waals surface area contributed by atoms with Gasteiger partial charge in [0.1, 0.15) is 0 Å². The Balaban J connectivity index is 2.43. The SMILES string of the molecule is Cc1cccc(P(PC(=S)C(C)(C)C)c2cccc(C)c2)c1. The first-order chi connectivity index (χ1) is 10.3. The molecule has 0 fully saturated rings. The van der Waals surface area contributed by atoms with Crippen LogP contribution in [0, 0.1) is 19.3 Å². The molecule has 2 aromatic carbocycles. The summed E-state index contributed by atoms with van der Waals surface area (Å²) in [5.74, 6) is 0. The first-order valence-corrected chi connectivity index (χ1v) is 11.1. The summed E-state index contributed by atoms with van der Waals surface area (Å²) in [4.78, 5) is 0. The molecule has 1 atom stereocenters. The summed E-state index contributed by atoms with van der Waals surface area (Å²) >= 11 is 5.76. The molecule has 116 valence electrons. The van der Waals surface area contributed by atoms with Crippen molar-refractivity contribution in [1.29, 1.82) is 0 Å². The normalized spacial score (nSPS) is 12.3. The van der Waals surface area contributed by atoms with E-state index in [0.717, 1.165) is 0 Å². The molecule has 2 rings (SSSR count). The molecule has 22 heavy (non-hydrogen) atoms. The second kappa shape index (κ2) is 7.31. The van der Waals surface area contributed by atoms with Gasteiger partial charge in [-0.05, 0) is 45.8 Å².